The van der Waals surface area contributed by atoms with Crippen LogP contribution < -0.4 is 0 Å². The summed E-state index contributed by atoms with van der Waals surface area (Å²) in [6.45, 7) is -0.489. The van der Waals surface area contributed by atoms with Gasteiger partial charge in [-0.1, -0.05) is 66.7 Å². The van der Waals surface area contributed by atoms with Crippen molar-refractivity contribution < 1.29 is 34.7 Å². The van der Waals surface area contributed by atoms with E-state index in [-0.39, 0.29) is 22.8 Å². The van der Waals surface area contributed by atoms with Crippen LogP contribution in [0, 0.1) is 0 Å². The van der Waals surface area contributed by atoms with Crippen molar-refractivity contribution in [3.63, 3.8) is 0 Å². The van der Waals surface area contributed by atoms with Crippen LogP contribution in [0.25, 0.3) is 0 Å². The SMILES string of the molecule is O=C(OCCc1ccccc1)C(CCOS(=O)(=O)c1ccccc1)OS(=O)(=O)c1ccccc1. The van der Waals surface area contributed by atoms with E-state index in [2.05, 4.69) is 0 Å². The second-order valence-electron chi connectivity index (χ2n) is 7.13. The molecule has 0 bridgehead atoms. The second kappa shape index (κ2) is 11.9. The third-order valence-electron chi connectivity index (χ3n) is 4.67. The molecule has 8 nitrogen and oxygen atoms in total. The van der Waals surface area contributed by atoms with Crippen molar-refractivity contribution in [3.8, 4) is 0 Å². The van der Waals surface area contributed by atoms with E-state index < -0.39 is 38.9 Å². The Balaban J connectivity index is 1.67. The molecule has 0 N–H and O–H groups in total. The summed E-state index contributed by atoms with van der Waals surface area (Å²) in [6.07, 6.45) is -1.53. The fraction of sp³-hybridized carbons (Fsp3) is 0.208. The lowest BCUT2D eigenvalue weighted by molar-refractivity contribution is -0.152. The van der Waals surface area contributed by atoms with Gasteiger partial charge in [0.25, 0.3) is 20.2 Å². The topological polar surface area (TPSA) is 113 Å². The van der Waals surface area contributed by atoms with Crippen LogP contribution in [-0.2, 0) is 44.6 Å². The fourth-order valence-corrected chi connectivity index (χ4v) is 4.95. The third kappa shape index (κ3) is 7.49. The van der Waals surface area contributed by atoms with Gasteiger partial charge in [0.2, 0.25) is 0 Å². The van der Waals surface area contributed by atoms with E-state index >= 15 is 0 Å². The van der Waals surface area contributed by atoms with Crippen LogP contribution in [0.1, 0.15) is 12.0 Å². The van der Waals surface area contributed by atoms with Crippen molar-refractivity contribution >= 4 is 26.2 Å². The van der Waals surface area contributed by atoms with Crippen LogP contribution in [0.15, 0.2) is 101 Å². The lowest BCUT2D eigenvalue weighted by Gasteiger charge is -2.17. The average molecular weight is 505 g/mol. The fourth-order valence-electron chi connectivity index (χ4n) is 2.93. The first-order chi connectivity index (χ1) is 16.3. The zero-order valence-electron chi connectivity index (χ0n) is 18.1. The van der Waals surface area contributed by atoms with Crippen LogP contribution in [0.2, 0.25) is 0 Å². The minimum atomic E-state index is -4.31. The van der Waals surface area contributed by atoms with Gasteiger partial charge < -0.3 is 4.74 Å². The maximum atomic E-state index is 12.7. The Morgan fingerprint density at radius 3 is 1.74 bits per heavy atom. The van der Waals surface area contributed by atoms with Crippen LogP contribution in [-0.4, -0.2) is 42.1 Å². The number of esters is 1. The highest BCUT2D eigenvalue weighted by Crippen LogP contribution is 2.18. The highest BCUT2D eigenvalue weighted by Gasteiger charge is 2.29. The van der Waals surface area contributed by atoms with Gasteiger partial charge in [-0.3, -0.25) is 8.37 Å². The lowest BCUT2D eigenvalue weighted by atomic mass is 10.2. The Hall–Kier alpha value is -3.05. The molecule has 3 aromatic rings. The summed E-state index contributed by atoms with van der Waals surface area (Å²) in [5.74, 6) is -0.934. The molecule has 0 aliphatic rings. The van der Waals surface area contributed by atoms with E-state index in [1.54, 1.807) is 24.3 Å². The number of ether oxygens (including phenoxy) is 1. The molecule has 0 spiro atoms. The number of hydrogen-bond donors (Lipinski definition) is 0. The molecule has 1 atom stereocenters. The lowest BCUT2D eigenvalue weighted by Crippen LogP contribution is -2.31. The van der Waals surface area contributed by atoms with E-state index in [4.69, 9.17) is 13.1 Å². The van der Waals surface area contributed by atoms with E-state index in [0.29, 0.717) is 6.42 Å². The summed E-state index contributed by atoms with van der Waals surface area (Å²) >= 11 is 0. The summed E-state index contributed by atoms with van der Waals surface area (Å²) in [4.78, 5) is 12.4. The highest BCUT2D eigenvalue weighted by molar-refractivity contribution is 7.87. The van der Waals surface area contributed by atoms with Crippen molar-refractivity contribution in [1.29, 1.82) is 0 Å². The molecule has 3 rings (SSSR count). The van der Waals surface area contributed by atoms with Gasteiger partial charge in [0.05, 0.1) is 23.0 Å². The smallest absolute Gasteiger partial charge is 0.336 e. The van der Waals surface area contributed by atoms with Gasteiger partial charge in [-0.2, -0.15) is 16.8 Å². The van der Waals surface area contributed by atoms with Crippen LogP contribution in [0.5, 0.6) is 0 Å². The summed E-state index contributed by atoms with van der Waals surface area (Å²) in [5.41, 5.74) is 0.932. The zero-order chi connectivity index (χ0) is 24.4. The average Bonchev–Trinajstić information content (AvgIpc) is 2.85. The Labute approximate surface area is 199 Å². The standard InChI is InChI=1S/C24H24O8S2/c25-24(30-18-16-20-10-4-1-5-11-20)23(32-34(28,29)22-14-8-3-9-15-22)17-19-31-33(26,27)21-12-6-2-7-13-21/h1-15,23H,16-19H2. The molecule has 0 aliphatic heterocycles. The molecule has 0 aliphatic carbocycles. The molecule has 0 saturated heterocycles. The summed E-state index contributed by atoms with van der Waals surface area (Å²) in [5, 5.41) is 0. The Kier molecular flexibility index (Phi) is 8.94. The van der Waals surface area contributed by atoms with Crippen LogP contribution in [0.4, 0.5) is 0 Å². The Bertz CT molecular complexity index is 1260. The van der Waals surface area contributed by atoms with Crippen molar-refractivity contribution in [1.82, 2.24) is 0 Å². The third-order valence-corrected chi connectivity index (χ3v) is 7.33. The maximum Gasteiger partial charge on any atom is 0.336 e. The first-order valence-corrected chi connectivity index (χ1v) is 13.2. The number of benzene rings is 3. The molecular weight excluding hydrogens is 480 g/mol. The van der Waals surface area contributed by atoms with E-state index in [1.165, 1.54) is 36.4 Å². The molecule has 0 aromatic heterocycles. The molecule has 180 valence electrons. The Morgan fingerprint density at radius 1 is 0.676 bits per heavy atom. The number of hydrogen-bond acceptors (Lipinski definition) is 8. The molecule has 0 amide bonds. The molecule has 34 heavy (non-hydrogen) atoms. The largest absolute Gasteiger partial charge is 0.463 e. The van der Waals surface area contributed by atoms with Crippen molar-refractivity contribution in [3.05, 3.63) is 96.6 Å². The molecule has 0 fully saturated rings. The first kappa shape index (κ1) is 25.6. The van der Waals surface area contributed by atoms with Gasteiger partial charge in [-0.25, -0.2) is 4.79 Å². The van der Waals surface area contributed by atoms with Gasteiger partial charge >= 0.3 is 5.97 Å². The number of rotatable bonds is 12. The zero-order valence-corrected chi connectivity index (χ0v) is 19.8. The normalized spacial score (nSPS) is 12.7. The summed E-state index contributed by atoms with van der Waals surface area (Å²) < 4.78 is 65.2. The van der Waals surface area contributed by atoms with Crippen molar-refractivity contribution in [2.24, 2.45) is 0 Å². The van der Waals surface area contributed by atoms with Gasteiger partial charge in [0, 0.05) is 12.8 Å². The van der Waals surface area contributed by atoms with E-state index in [9.17, 15) is 21.6 Å². The molecule has 3 aromatic carbocycles. The van der Waals surface area contributed by atoms with Gasteiger partial charge in [-0.05, 0) is 29.8 Å². The molecule has 10 heteroatoms. The van der Waals surface area contributed by atoms with Gasteiger partial charge in [-0.15, -0.1) is 0 Å². The quantitative estimate of drug-likeness (QED) is 0.273. The molecule has 0 saturated carbocycles. The minimum absolute atomic E-state index is 0.00272. The summed E-state index contributed by atoms with van der Waals surface area (Å²) in [6, 6.07) is 24.1. The second-order valence-corrected chi connectivity index (χ2v) is 10.3. The van der Waals surface area contributed by atoms with Gasteiger partial charge in [0.15, 0.2) is 6.10 Å². The molecule has 1 unspecified atom stereocenters. The van der Waals surface area contributed by atoms with Crippen LogP contribution >= 0.6 is 0 Å². The highest BCUT2D eigenvalue weighted by atomic mass is 32.2. The first-order valence-electron chi connectivity index (χ1n) is 10.4. The van der Waals surface area contributed by atoms with E-state index in [1.807, 2.05) is 30.3 Å². The number of carbonyl (C=O) groups excluding carboxylic acids is 1. The van der Waals surface area contributed by atoms with E-state index in [0.717, 1.165) is 5.56 Å². The van der Waals surface area contributed by atoms with Crippen molar-refractivity contribution in [2.45, 2.75) is 28.7 Å². The maximum absolute atomic E-state index is 12.7. The van der Waals surface area contributed by atoms with Crippen molar-refractivity contribution in [2.75, 3.05) is 13.2 Å². The predicted molar refractivity (Wildman–Crippen MR) is 124 cm³/mol. The molecular formula is C24H24O8S2. The predicted octanol–water partition coefficient (Wildman–Crippen LogP) is 3.34. The molecule has 0 heterocycles. The summed E-state index contributed by atoms with van der Waals surface area (Å²) in [7, 11) is -8.39. The Morgan fingerprint density at radius 2 is 1.18 bits per heavy atom. The number of carbonyl (C=O) groups is 1. The monoisotopic (exact) mass is 504 g/mol. The minimum Gasteiger partial charge on any atom is -0.463 e. The van der Waals surface area contributed by atoms with Gasteiger partial charge in [0.1, 0.15) is 0 Å². The van der Waals surface area contributed by atoms with Crippen LogP contribution in [0.3, 0.4) is 0 Å². The molecule has 0 radical (unpaired) electrons.